The highest BCUT2D eigenvalue weighted by Gasteiger charge is 2.36. The van der Waals surface area contributed by atoms with Crippen LogP contribution < -0.4 is 5.32 Å². The molecule has 1 fully saturated rings. The second-order valence-electron chi connectivity index (χ2n) is 6.53. The van der Waals surface area contributed by atoms with Crippen LogP contribution in [0.15, 0.2) is 24.3 Å². The van der Waals surface area contributed by atoms with Crippen LogP contribution in [-0.4, -0.2) is 61.5 Å². The maximum absolute atomic E-state index is 12.4. The minimum Gasteiger partial charge on any atom is -0.394 e. The second kappa shape index (κ2) is 9.87. The quantitative estimate of drug-likeness (QED) is 0.703. The zero-order valence-electron chi connectivity index (χ0n) is 15.3. The molecule has 1 aromatic rings. The van der Waals surface area contributed by atoms with E-state index < -0.39 is 0 Å². The molecule has 0 atom stereocenters. The Bertz CT molecular complexity index is 544. The molecule has 0 spiro atoms. The monoisotopic (exact) mass is 350 g/mol. The molecule has 0 aliphatic carbocycles. The largest absolute Gasteiger partial charge is 0.394 e. The number of rotatable bonds is 9. The standard InChI is InChI=1S/C19H30N2O4/c1-3-24-14-17-7-5-4-6-16(17)12-20-18(23)13-21(2)19(15-22)8-10-25-11-9-19/h4-7,22H,3,8-15H2,1-2H3,(H,20,23). The lowest BCUT2D eigenvalue weighted by Crippen LogP contribution is -2.55. The van der Waals surface area contributed by atoms with Gasteiger partial charge in [-0.15, -0.1) is 0 Å². The highest BCUT2D eigenvalue weighted by molar-refractivity contribution is 5.78. The molecule has 25 heavy (non-hydrogen) atoms. The summed E-state index contributed by atoms with van der Waals surface area (Å²) in [5.41, 5.74) is 1.80. The Balaban J connectivity index is 1.88. The van der Waals surface area contributed by atoms with Gasteiger partial charge in [0.2, 0.25) is 5.91 Å². The van der Waals surface area contributed by atoms with E-state index in [-0.39, 0.29) is 24.6 Å². The van der Waals surface area contributed by atoms with Crippen molar-refractivity contribution in [2.24, 2.45) is 0 Å². The van der Waals surface area contributed by atoms with E-state index >= 15 is 0 Å². The van der Waals surface area contributed by atoms with Gasteiger partial charge < -0.3 is 19.9 Å². The number of carbonyl (C=O) groups is 1. The molecule has 1 amide bonds. The minimum atomic E-state index is -0.359. The van der Waals surface area contributed by atoms with Gasteiger partial charge in [0.15, 0.2) is 0 Å². The van der Waals surface area contributed by atoms with Crippen molar-refractivity contribution in [2.45, 2.75) is 38.5 Å². The predicted molar refractivity (Wildman–Crippen MR) is 96.1 cm³/mol. The molecule has 1 saturated heterocycles. The molecule has 2 rings (SSSR count). The Hall–Kier alpha value is -1.47. The number of ether oxygens (including phenoxy) is 2. The molecule has 0 unspecified atom stereocenters. The summed E-state index contributed by atoms with van der Waals surface area (Å²) in [5, 5.41) is 12.8. The summed E-state index contributed by atoms with van der Waals surface area (Å²) >= 11 is 0. The summed E-state index contributed by atoms with van der Waals surface area (Å²) < 4.78 is 10.9. The first-order valence-electron chi connectivity index (χ1n) is 8.92. The average molecular weight is 350 g/mol. The maximum atomic E-state index is 12.4. The number of nitrogens with one attached hydrogen (secondary N) is 1. The van der Waals surface area contributed by atoms with Crippen LogP contribution in [0.5, 0.6) is 0 Å². The van der Waals surface area contributed by atoms with Crippen molar-refractivity contribution >= 4 is 5.91 Å². The molecule has 6 nitrogen and oxygen atoms in total. The van der Waals surface area contributed by atoms with Gasteiger partial charge in [-0.25, -0.2) is 0 Å². The lowest BCUT2D eigenvalue weighted by Gasteiger charge is -2.42. The Kier molecular flexibility index (Phi) is 7.84. The molecular weight excluding hydrogens is 320 g/mol. The molecule has 1 aliphatic heterocycles. The minimum absolute atomic E-state index is 0.0390. The molecule has 0 saturated carbocycles. The number of hydrogen-bond acceptors (Lipinski definition) is 5. The third kappa shape index (κ3) is 5.51. The number of amides is 1. The fourth-order valence-corrected chi connectivity index (χ4v) is 3.13. The molecule has 0 radical (unpaired) electrons. The first kappa shape index (κ1) is 19.8. The van der Waals surface area contributed by atoms with Crippen molar-refractivity contribution in [2.75, 3.05) is 40.0 Å². The molecule has 1 aromatic carbocycles. The normalized spacial score (nSPS) is 16.8. The summed E-state index contributed by atoms with van der Waals surface area (Å²) in [6, 6.07) is 7.97. The van der Waals surface area contributed by atoms with E-state index in [0.717, 1.165) is 24.0 Å². The van der Waals surface area contributed by atoms with Gasteiger partial charge in [-0.05, 0) is 37.9 Å². The SMILES string of the molecule is CCOCc1ccccc1CNC(=O)CN(C)C1(CO)CCOCC1. The molecule has 1 heterocycles. The van der Waals surface area contributed by atoms with Crippen LogP contribution in [0.4, 0.5) is 0 Å². The smallest absolute Gasteiger partial charge is 0.234 e. The van der Waals surface area contributed by atoms with Crippen LogP contribution in [-0.2, 0) is 27.4 Å². The average Bonchev–Trinajstić information content (AvgIpc) is 2.65. The van der Waals surface area contributed by atoms with Gasteiger partial charge in [-0.2, -0.15) is 0 Å². The van der Waals surface area contributed by atoms with E-state index in [9.17, 15) is 9.90 Å². The number of benzene rings is 1. The Morgan fingerprint density at radius 2 is 2.00 bits per heavy atom. The fraction of sp³-hybridized carbons (Fsp3) is 0.632. The summed E-state index contributed by atoms with van der Waals surface area (Å²) in [4.78, 5) is 14.3. The number of likely N-dealkylation sites (N-methyl/N-ethyl adjacent to an activating group) is 1. The fourth-order valence-electron chi connectivity index (χ4n) is 3.13. The highest BCUT2D eigenvalue weighted by Crippen LogP contribution is 2.26. The first-order valence-corrected chi connectivity index (χ1v) is 8.92. The summed E-state index contributed by atoms with van der Waals surface area (Å²) in [6.07, 6.45) is 1.48. The molecule has 1 aliphatic rings. The molecule has 140 valence electrons. The van der Waals surface area contributed by atoms with Gasteiger partial charge in [-0.3, -0.25) is 9.69 Å². The molecular formula is C19H30N2O4. The van der Waals surface area contributed by atoms with E-state index in [1.165, 1.54) is 0 Å². The molecule has 0 bridgehead atoms. The van der Waals surface area contributed by atoms with Crippen LogP contribution in [0.2, 0.25) is 0 Å². The number of hydrogen-bond donors (Lipinski definition) is 2. The van der Waals surface area contributed by atoms with Gasteiger partial charge in [0, 0.05) is 31.9 Å². The third-order valence-corrected chi connectivity index (χ3v) is 4.96. The van der Waals surface area contributed by atoms with E-state index in [0.29, 0.717) is 33.0 Å². The van der Waals surface area contributed by atoms with Crippen LogP contribution >= 0.6 is 0 Å². The first-order chi connectivity index (χ1) is 12.1. The van der Waals surface area contributed by atoms with E-state index in [1.807, 2.05) is 43.1 Å². The molecule has 0 aromatic heterocycles. The zero-order chi connectivity index (χ0) is 18.1. The lowest BCUT2D eigenvalue weighted by molar-refractivity contribution is -0.126. The molecule has 6 heteroatoms. The van der Waals surface area contributed by atoms with Gasteiger partial charge in [0.05, 0.1) is 19.8 Å². The van der Waals surface area contributed by atoms with Crippen molar-refractivity contribution in [3.05, 3.63) is 35.4 Å². The number of nitrogens with zero attached hydrogens (tertiary/aromatic N) is 1. The Labute approximate surface area is 150 Å². The molecule has 2 N–H and O–H groups in total. The number of aliphatic hydroxyl groups excluding tert-OH is 1. The Morgan fingerprint density at radius 1 is 1.32 bits per heavy atom. The zero-order valence-corrected chi connectivity index (χ0v) is 15.3. The highest BCUT2D eigenvalue weighted by atomic mass is 16.5. The Morgan fingerprint density at radius 3 is 2.64 bits per heavy atom. The van der Waals surface area contributed by atoms with E-state index in [2.05, 4.69) is 5.32 Å². The van der Waals surface area contributed by atoms with Gasteiger partial charge in [0.1, 0.15) is 0 Å². The van der Waals surface area contributed by atoms with Crippen LogP contribution in [0, 0.1) is 0 Å². The van der Waals surface area contributed by atoms with E-state index in [4.69, 9.17) is 9.47 Å². The lowest BCUT2D eigenvalue weighted by atomic mass is 9.89. The number of carbonyl (C=O) groups excluding carboxylic acids is 1. The van der Waals surface area contributed by atoms with Crippen LogP contribution in [0.25, 0.3) is 0 Å². The second-order valence-corrected chi connectivity index (χ2v) is 6.53. The van der Waals surface area contributed by atoms with Crippen molar-refractivity contribution < 1.29 is 19.4 Å². The summed E-state index contributed by atoms with van der Waals surface area (Å²) in [5.74, 6) is -0.0481. The van der Waals surface area contributed by atoms with Gasteiger partial charge >= 0.3 is 0 Å². The van der Waals surface area contributed by atoms with Gasteiger partial charge in [-0.1, -0.05) is 24.3 Å². The van der Waals surface area contributed by atoms with Crippen molar-refractivity contribution in [1.82, 2.24) is 10.2 Å². The van der Waals surface area contributed by atoms with Gasteiger partial charge in [0.25, 0.3) is 0 Å². The van der Waals surface area contributed by atoms with Crippen LogP contribution in [0.1, 0.15) is 30.9 Å². The number of aliphatic hydroxyl groups is 1. The predicted octanol–water partition coefficient (Wildman–Crippen LogP) is 1.31. The van der Waals surface area contributed by atoms with Crippen molar-refractivity contribution in [3.8, 4) is 0 Å². The third-order valence-electron chi connectivity index (χ3n) is 4.96. The van der Waals surface area contributed by atoms with Crippen molar-refractivity contribution in [3.63, 3.8) is 0 Å². The summed E-state index contributed by atoms with van der Waals surface area (Å²) in [6.45, 7) is 5.20. The van der Waals surface area contributed by atoms with Crippen LogP contribution in [0.3, 0.4) is 0 Å². The maximum Gasteiger partial charge on any atom is 0.234 e. The summed E-state index contributed by atoms with van der Waals surface area (Å²) in [7, 11) is 1.89. The van der Waals surface area contributed by atoms with Crippen molar-refractivity contribution in [1.29, 1.82) is 0 Å². The van der Waals surface area contributed by atoms with E-state index in [1.54, 1.807) is 0 Å². The topological polar surface area (TPSA) is 71.0 Å².